The number of aryl methyl sites for hydroxylation is 1. The van der Waals surface area contributed by atoms with Gasteiger partial charge in [0, 0.05) is 29.4 Å². The van der Waals surface area contributed by atoms with Gasteiger partial charge in [-0.3, -0.25) is 4.79 Å². The Kier molecular flexibility index (Phi) is 7.29. The largest absolute Gasteiger partial charge is 0.443 e. The first kappa shape index (κ1) is 28.6. The number of nitrogens with two attached hydrogens (primary N) is 1. The molecule has 8 nitrogen and oxygen atoms in total. The molecular weight excluding hydrogens is 514 g/mol. The zero-order valence-electron chi connectivity index (χ0n) is 24.9. The fourth-order valence-electron chi connectivity index (χ4n) is 5.60. The number of H-pyrrole nitrogens is 1. The van der Waals surface area contributed by atoms with Gasteiger partial charge in [0.25, 0.3) is 0 Å². The molecule has 2 aliphatic rings. The van der Waals surface area contributed by atoms with E-state index in [4.69, 9.17) is 15.5 Å². The molecule has 1 fully saturated rings. The van der Waals surface area contributed by atoms with Gasteiger partial charge in [0.05, 0.1) is 22.5 Å². The molecule has 0 unspecified atom stereocenters. The quantitative estimate of drug-likeness (QED) is 0.319. The third-order valence-corrected chi connectivity index (χ3v) is 7.90. The molecule has 2 aliphatic carbocycles. The van der Waals surface area contributed by atoms with Crippen molar-refractivity contribution in [3.63, 3.8) is 0 Å². The maximum absolute atomic E-state index is 13.0. The van der Waals surface area contributed by atoms with Crippen LogP contribution in [0, 0.1) is 18.8 Å². The molecule has 2 heterocycles. The van der Waals surface area contributed by atoms with Gasteiger partial charge in [-0.25, -0.2) is 19.7 Å². The van der Waals surface area contributed by atoms with Crippen LogP contribution in [-0.2, 0) is 28.8 Å². The summed E-state index contributed by atoms with van der Waals surface area (Å²) >= 11 is 0. The van der Waals surface area contributed by atoms with E-state index in [0.29, 0.717) is 18.7 Å². The molecule has 214 valence electrons. The van der Waals surface area contributed by atoms with Crippen LogP contribution in [0.15, 0.2) is 30.5 Å². The molecular formula is C33H39N5O3. The van der Waals surface area contributed by atoms with Crippen LogP contribution in [0.1, 0.15) is 81.8 Å². The normalized spacial score (nSPS) is 15.5. The number of imide groups is 1. The topological polar surface area (TPSA) is 114 Å². The minimum Gasteiger partial charge on any atom is -0.443 e. The Morgan fingerprint density at radius 2 is 1.88 bits per heavy atom. The van der Waals surface area contributed by atoms with E-state index in [1.807, 2.05) is 65.1 Å². The number of carbonyl (C=O) groups excluding carboxylic acids is 2. The number of ether oxygens (including phenoxy) is 1. The van der Waals surface area contributed by atoms with Gasteiger partial charge in [-0.2, -0.15) is 0 Å². The van der Waals surface area contributed by atoms with Crippen molar-refractivity contribution in [2.75, 3.05) is 0 Å². The lowest BCUT2D eigenvalue weighted by atomic mass is 9.72. The Balaban J connectivity index is 1.44. The smallest absolute Gasteiger partial charge is 0.417 e. The molecule has 0 aliphatic heterocycles. The third kappa shape index (κ3) is 5.91. The molecule has 41 heavy (non-hydrogen) atoms. The van der Waals surface area contributed by atoms with Gasteiger partial charge in [-0.15, -0.1) is 0 Å². The highest BCUT2D eigenvalue weighted by molar-refractivity contribution is 5.82. The van der Waals surface area contributed by atoms with Crippen molar-refractivity contribution in [3.05, 3.63) is 58.4 Å². The van der Waals surface area contributed by atoms with Crippen LogP contribution >= 0.6 is 0 Å². The molecule has 1 aromatic carbocycles. The minimum absolute atomic E-state index is 0.551. The molecule has 1 saturated carbocycles. The van der Waals surface area contributed by atoms with E-state index < -0.39 is 22.8 Å². The summed E-state index contributed by atoms with van der Waals surface area (Å²) < 4.78 is 5.57. The first-order valence-electron chi connectivity index (χ1n) is 14.3. The van der Waals surface area contributed by atoms with Crippen LogP contribution in [0.3, 0.4) is 0 Å². The molecule has 2 aromatic heterocycles. The van der Waals surface area contributed by atoms with E-state index in [1.54, 1.807) is 0 Å². The van der Waals surface area contributed by atoms with Gasteiger partial charge in [-0.05, 0) is 115 Å². The standard InChI is InChI=1S/C33H39N5O3/c1-21-25-13-12-24-19-35-29(23-10-8-22(9-11-23)14-17-32(5,6)34)37-27(24)28(25)36-26(21)18-33(15-7-16-33)38(20-39)30(40)41-31(2,3)4/h8-11,19-20,36H,7,12-13,15-16,18,34H2,1-6H3. The number of carbonyl (C=O) groups is 2. The van der Waals surface area contributed by atoms with E-state index in [1.165, 1.54) is 10.5 Å². The van der Waals surface area contributed by atoms with E-state index in [-0.39, 0.29) is 0 Å². The first-order valence-corrected chi connectivity index (χ1v) is 14.3. The SMILES string of the molecule is Cc1c(CC2(N(C=O)C(=O)OC(C)(C)C)CCC2)[nH]c2c1CCc1cnc(-c3ccc(C#CC(C)(C)N)cc3)nc1-2. The molecule has 2 amide bonds. The van der Waals surface area contributed by atoms with Crippen molar-refractivity contribution < 1.29 is 14.3 Å². The average Bonchev–Trinajstić information content (AvgIpc) is 3.20. The van der Waals surface area contributed by atoms with Crippen molar-refractivity contribution in [2.45, 2.75) is 96.7 Å². The van der Waals surface area contributed by atoms with E-state index in [2.05, 4.69) is 28.7 Å². The van der Waals surface area contributed by atoms with Gasteiger partial charge in [-0.1, -0.05) is 11.8 Å². The summed E-state index contributed by atoms with van der Waals surface area (Å²) in [6.45, 7) is 11.3. The molecule has 3 aromatic rings. The molecule has 0 saturated heterocycles. The molecule has 0 atom stereocenters. The predicted molar refractivity (Wildman–Crippen MR) is 159 cm³/mol. The van der Waals surface area contributed by atoms with Crippen molar-refractivity contribution in [2.24, 2.45) is 5.73 Å². The summed E-state index contributed by atoms with van der Waals surface area (Å²) in [4.78, 5) is 39.7. The van der Waals surface area contributed by atoms with Crippen LogP contribution in [0.5, 0.6) is 0 Å². The molecule has 8 heteroatoms. The molecule has 0 radical (unpaired) electrons. The summed E-state index contributed by atoms with van der Waals surface area (Å²) in [5.74, 6) is 6.82. The van der Waals surface area contributed by atoms with Crippen LogP contribution < -0.4 is 5.73 Å². The van der Waals surface area contributed by atoms with Gasteiger partial charge in [0.2, 0.25) is 6.41 Å². The highest BCUT2D eigenvalue weighted by Crippen LogP contribution is 2.43. The van der Waals surface area contributed by atoms with Crippen molar-refractivity contribution in [1.29, 1.82) is 0 Å². The summed E-state index contributed by atoms with van der Waals surface area (Å²) in [6.07, 6.45) is 6.72. The number of aromatic amines is 1. The monoisotopic (exact) mass is 553 g/mol. The Morgan fingerprint density at radius 3 is 2.46 bits per heavy atom. The lowest BCUT2D eigenvalue weighted by molar-refractivity contribution is -0.126. The summed E-state index contributed by atoms with van der Waals surface area (Å²) in [5.41, 5.74) is 12.4. The Labute approximate surface area is 242 Å². The van der Waals surface area contributed by atoms with Gasteiger partial charge < -0.3 is 15.5 Å². The summed E-state index contributed by atoms with van der Waals surface area (Å²) in [6, 6.07) is 7.88. The Hall–Kier alpha value is -3.96. The second-order valence-electron chi connectivity index (χ2n) is 12.9. The average molecular weight is 554 g/mol. The van der Waals surface area contributed by atoms with Crippen LogP contribution in [0.4, 0.5) is 4.79 Å². The van der Waals surface area contributed by atoms with E-state index in [0.717, 1.165) is 71.4 Å². The highest BCUT2D eigenvalue weighted by atomic mass is 16.6. The number of amides is 2. The summed E-state index contributed by atoms with van der Waals surface area (Å²) in [5, 5.41) is 0. The third-order valence-electron chi connectivity index (χ3n) is 7.90. The van der Waals surface area contributed by atoms with Crippen molar-refractivity contribution >= 4 is 12.5 Å². The first-order chi connectivity index (χ1) is 19.3. The van der Waals surface area contributed by atoms with Crippen molar-refractivity contribution in [3.8, 4) is 34.6 Å². The second kappa shape index (κ2) is 10.5. The molecule has 3 N–H and O–H groups in total. The number of fused-ring (bicyclic) bond motifs is 3. The second-order valence-corrected chi connectivity index (χ2v) is 12.9. The zero-order valence-corrected chi connectivity index (χ0v) is 24.9. The molecule has 0 bridgehead atoms. The number of nitrogens with zero attached hydrogens (tertiary/aromatic N) is 3. The molecule has 5 rings (SSSR count). The predicted octanol–water partition coefficient (Wildman–Crippen LogP) is 5.49. The number of hydrogen-bond donors (Lipinski definition) is 2. The highest BCUT2D eigenvalue weighted by Gasteiger charge is 2.47. The number of aromatic nitrogens is 3. The van der Waals surface area contributed by atoms with E-state index >= 15 is 0 Å². The van der Waals surface area contributed by atoms with E-state index in [9.17, 15) is 9.59 Å². The van der Waals surface area contributed by atoms with Gasteiger partial charge >= 0.3 is 6.09 Å². The van der Waals surface area contributed by atoms with Gasteiger partial charge in [0.15, 0.2) is 5.82 Å². The Morgan fingerprint density at radius 1 is 1.17 bits per heavy atom. The fraction of sp³-hybridized carbons (Fsp3) is 0.455. The van der Waals surface area contributed by atoms with Crippen LogP contribution in [0.2, 0.25) is 0 Å². The lowest BCUT2D eigenvalue weighted by Crippen LogP contribution is -2.58. The number of rotatable bonds is 5. The number of hydrogen-bond acceptors (Lipinski definition) is 6. The maximum atomic E-state index is 13.0. The zero-order chi connectivity index (χ0) is 29.6. The minimum atomic E-state index is -0.680. The number of nitrogens with one attached hydrogen (secondary N) is 1. The van der Waals surface area contributed by atoms with Crippen LogP contribution in [0.25, 0.3) is 22.8 Å². The maximum Gasteiger partial charge on any atom is 0.417 e. The van der Waals surface area contributed by atoms with Gasteiger partial charge in [0.1, 0.15) is 5.60 Å². The fourth-order valence-corrected chi connectivity index (χ4v) is 5.60. The molecule has 0 spiro atoms. The van der Waals surface area contributed by atoms with Crippen molar-refractivity contribution in [1.82, 2.24) is 19.9 Å². The number of benzene rings is 1. The Bertz CT molecular complexity index is 1540. The van der Waals surface area contributed by atoms with Crippen LogP contribution in [-0.4, -0.2) is 49.0 Å². The summed E-state index contributed by atoms with van der Waals surface area (Å²) in [7, 11) is 0. The lowest BCUT2D eigenvalue weighted by Gasteiger charge is -2.47.